The van der Waals surface area contributed by atoms with Crippen molar-refractivity contribution >= 4 is 23.4 Å². The fourth-order valence-corrected chi connectivity index (χ4v) is 5.41. The molecule has 2 aliphatic rings. The number of hydrogen-bond acceptors (Lipinski definition) is 4. The SMILES string of the molecule is COc1cc(C(C(=O)NC2CCCCCC2)N(CCC2=CCCCC2)C(=O)CCl)ccc1OC(C)C. The van der Waals surface area contributed by atoms with Gasteiger partial charge < -0.3 is 19.7 Å². The predicted molar refractivity (Wildman–Crippen MR) is 145 cm³/mol. The Morgan fingerprint density at radius 3 is 2.44 bits per heavy atom. The van der Waals surface area contributed by atoms with Crippen LogP contribution in [0.1, 0.15) is 96.1 Å². The Labute approximate surface area is 221 Å². The van der Waals surface area contributed by atoms with Crippen molar-refractivity contribution in [3.63, 3.8) is 0 Å². The van der Waals surface area contributed by atoms with Crippen molar-refractivity contribution in [2.75, 3.05) is 19.5 Å². The van der Waals surface area contributed by atoms with E-state index in [1.54, 1.807) is 12.0 Å². The minimum Gasteiger partial charge on any atom is -0.493 e. The van der Waals surface area contributed by atoms with E-state index < -0.39 is 6.04 Å². The average Bonchev–Trinajstić information content (AvgIpc) is 3.15. The molecule has 0 bridgehead atoms. The van der Waals surface area contributed by atoms with Crippen LogP contribution in [0.15, 0.2) is 29.8 Å². The van der Waals surface area contributed by atoms with Crippen LogP contribution in [-0.4, -0.2) is 48.4 Å². The summed E-state index contributed by atoms with van der Waals surface area (Å²) in [6.45, 7) is 4.36. The monoisotopic (exact) mass is 518 g/mol. The molecule has 1 unspecified atom stereocenters. The molecule has 0 saturated heterocycles. The van der Waals surface area contributed by atoms with Crippen molar-refractivity contribution in [2.45, 2.75) is 103 Å². The Kier molecular flexibility index (Phi) is 11.4. The van der Waals surface area contributed by atoms with Crippen LogP contribution < -0.4 is 14.8 Å². The zero-order chi connectivity index (χ0) is 25.9. The lowest BCUT2D eigenvalue weighted by Crippen LogP contribution is -2.47. The van der Waals surface area contributed by atoms with Gasteiger partial charge in [0, 0.05) is 12.6 Å². The van der Waals surface area contributed by atoms with Crippen LogP contribution in [0.5, 0.6) is 11.5 Å². The van der Waals surface area contributed by atoms with Gasteiger partial charge in [0.25, 0.3) is 0 Å². The van der Waals surface area contributed by atoms with Gasteiger partial charge in [0.05, 0.1) is 13.2 Å². The number of hydrogen-bond donors (Lipinski definition) is 1. The topological polar surface area (TPSA) is 67.9 Å². The van der Waals surface area contributed by atoms with Gasteiger partial charge in [-0.05, 0) is 76.5 Å². The number of nitrogens with zero attached hydrogens (tertiary/aromatic N) is 1. The lowest BCUT2D eigenvalue weighted by Gasteiger charge is -2.33. The first-order chi connectivity index (χ1) is 17.4. The third-order valence-corrected chi connectivity index (χ3v) is 7.35. The summed E-state index contributed by atoms with van der Waals surface area (Å²) in [7, 11) is 1.59. The van der Waals surface area contributed by atoms with Gasteiger partial charge in [-0.3, -0.25) is 9.59 Å². The Hall–Kier alpha value is -2.21. The molecule has 0 heterocycles. The van der Waals surface area contributed by atoms with E-state index in [4.69, 9.17) is 21.1 Å². The minimum atomic E-state index is -0.786. The first-order valence-electron chi connectivity index (χ1n) is 13.6. The van der Waals surface area contributed by atoms with Gasteiger partial charge in [-0.25, -0.2) is 0 Å². The maximum Gasteiger partial charge on any atom is 0.247 e. The molecule has 36 heavy (non-hydrogen) atoms. The van der Waals surface area contributed by atoms with Crippen molar-refractivity contribution in [3.8, 4) is 11.5 Å². The number of benzene rings is 1. The van der Waals surface area contributed by atoms with E-state index in [0.29, 0.717) is 23.6 Å². The zero-order valence-corrected chi connectivity index (χ0v) is 22.9. The molecule has 0 radical (unpaired) electrons. The van der Waals surface area contributed by atoms with Crippen molar-refractivity contribution in [3.05, 3.63) is 35.4 Å². The molecule has 0 aliphatic heterocycles. The molecular formula is C29H43ClN2O4. The van der Waals surface area contributed by atoms with E-state index >= 15 is 0 Å². The van der Waals surface area contributed by atoms with Crippen LogP contribution >= 0.6 is 11.6 Å². The number of carbonyl (C=O) groups is 2. The summed E-state index contributed by atoms with van der Waals surface area (Å²) in [5.74, 6) is 0.592. The lowest BCUT2D eigenvalue weighted by atomic mass is 9.96. The Morgan fingerprint density at radius 1 is 1.08 bits per heavy atom. The number of carbonyl (C=O) groups excluding carboxylic acids is 2. The van der Waals surface area contributed by atoms with E-state index in [1.807, 2.05) is 32.0 Å². The number of ether oxygens (including phenoxy) is 2. The second kappa shape index (κ2) is 14.5. The first-order valence-corrected chi connectivity index (χ1v) is 14.1. The number of amides is 2. The molecule has 1 aromatic carbocycles. The summed E-state index contributed by atoms with van der Waals surface area (Å²) in [5.41, 5.74) is 2.06. The quantitative estimate of drug-likeness (QED) is 0.211. The third kappa shape index (κ3) is 8.16. The second-order valence-corrected chi connectivity index (χ2v) is 10.5. The zero-order valence-electron chi connectivity index (χ0n) is 22.2. The van der Waals surface area contributed by atoms with Gasteiger partial charge in [-0.1, -0.05) is 43.4 Å². The van der Waals surface area contributed by atoms with E-state index in [0.717, 1.165) is 44.9 Å². The lowest BCUT2D eigenvalue weighted by molar-refractivity contribution is -0.139. The molecule has 1 N–H and O–H groups in total. The summed E-state index contributed by atoms with van der Waals surface area (Å²) >= 11 is 6.08. The highest BCUT2D eigenvalue weighted by atomic mass is 35.5. The van der Waals surface area contributed by atoms with Gasteiger partial charge in [0.15, 0.2) is 11.5 Å². The normalized spacial score (nSPS) is 17.6. The van der Waals surface area contributed by atoms with Gasteiger partial charge in [0.1, 0.15) is 11.9 Å². The molecule has 0 spiro atoms. The minimum absolute atomic E-state index is 0.0165. The first kappa shape index (κ1) is 28.4. The Balaban J connectivity index is 1.93. The highest BCUT2D eigenvalue weighted by Gasteiger charge is 2.33. The number of nitrogens with one attached hydrogen (secondary N) is 1. The van der Waals surface area contributed by atoms with Gasteiger partial charge in [-0.2, -0.15) is 0 Å². The third-order valence-electron chi connectivity index (χ3n) is 7.12. The molecule has 1 atom stereocenters. The molecule has 2 amide bonds. The molecule has 6 nitrogen and oxygen atoms in total. The summed E-state index contributed by atoms with van der Waals surface area (Å²) < 4.78 is 11.5. The number of allylic oxidation sites excluding steroid dienone is 1. The Bertz CT molecular complexity index is 893. The molecule has 200 valence electrons. The highest BCUT2D eigenvalue weighted by molar-refractivity contribution is 6.27. The van der Waals surface area contributed by atoms with E-state index in [9.17, 15) is 9.59 Å². The molecule has 2 aliphatic carbocycles. The van der Waals surface area contributed by atoms with Crippen LogP contribution in [0.3, 0.4) is 0 Å². The number of methoxy groups -OCH3 is 1. The van der Waals surface area contributed by atoms with Crippen LogP contribution in [-0.2, 0) is 9.59 Å². The van der Waals surface area contributed by atoms with E-state index in [1.165, 1.54) is 31.3 Å². The summed E-state index contributed by atoms with van der Waals surface area (Å²) in [6, 6.07) is 4.86. The summed E-state index contributed by atoms with van der Waals surface area (Å²) in [5, 5.41) is 3.28. The fraction of sp³-hybridized carbons (Fsp3) is 0.655. The maximum atomic E-state index is 13.9. The van der Waals surface area contributed by atoms with Crippen LogP contribution in [0.4, 0.5) is 0 Å². The summed E-state index contributed by atoms with van der Waals surface area (Å²) in [4.78, 5) is 28.7. The van der Waals surface area contributed by atoms with Crippen LogP contribution in [0, 0.1) is 0 Å². The van der Waals surface area contributed by atoms with Crippen LogP contribution in [0.2, 0.25) is 0 Å². The molecule has 1 saturated carbocycles. The fourth-order valence-electron chi connectivity index (χ4n) is 5.25. The second-order valence-electron chi connectivity index (χ2n) is 10.3. The molecule has 0 aromatic heterocycles. The molecular weight excluding hydrogens is 476 g/mol. The Morgan fingerprint density at radius 2 is 1.83 bits per heavy atom. The predicted octanol–water partition coefficient (Wildman–Crippen LogP) is 6.32. The number of alkyl halides is 1. The number of rotatable bonds is 11. The van der Waals surface area contributed by atoms with E-state index in [-0.39, 0.29) is 29.8 Å². The van der Waals surface area contributed by atoms with Crippen molar-refractivity contribution in [1.29, 1.82) is 0 Å². The van der Waals surface area contributed by atoms with Gasteiger partial charge in [-0.15, -0.1) is 11.6 Å². The van der Waals surface area contributed by atoms with Crippen molar-refractivity contribution in [1.82, 2.24) is 10.2 Å². The molecule has 1 fully saturated rings. The van der Waals surface area contributed by atoms with Gasteiger partial charge in [0.2, 0.25) is 11.8 Å². The molecule has 1 aromatic rings. The standard InChI is InChI=1S/C29H43ClN2O4/c1-21(2)36-25-16-15-23(19-26(25)35-3)28(29(34)31-24-13-9-4-5-10-14-24)32(27(33)20-30)18-17-22-11-7-6-8-12-22/h11,15-16,19,21,24,28H,4-10,12-14,17-18,20H2,1-3H3,(H,31,34). The number of halogens is 1. The molecule has 7 heteroatoms. The van der Waals surface area contributed by atoms with Crippen molar-refractivity contribution in [2.24, 2.45) is 0 Å². The van der Waals surface area contributed by atoms with Crippen LogP contribution in [0.25, 0.3) is 0 Å². The average molecular weight is 519 g/mol. The van der Waals surface area contributed by atoms with Crippen molar-refractivity contribution < 1.29 is 19.1 Å². The van der Waals surface area contributed by atoms with Gasteiger partial charge >= 0.3 is 0 Å². The largest absolute Gasteiger partial charge is 0.493 e. The highest BCUT2D eigenvalue weighted by Crippen LogP contribution is 2.34. The molecule has 3 rings (SSSR count). The smallest absolute Gasteiger partial charge is 0.247 e. The maximum absolute atomic E-state index is 13.9. The summed E-state index contributed by atoms with van der Waals surface area (Å²) in [6.07, 6.45) is 14.1. The van der Waals surface area contributed by atoms with E-state index in [2.05, 4.69) is 11.4 Å².